The van der Waals surface area contributed by atoms with Gasteiger partial charge in [-0.15, -0.1) is 0 Å². The van der Waals surface area contributed by atoms with Gasteiger partial charge in [0, 0.05) is 12.1 Å². The van der Waals surface area contributed by atoms with E-state index in [0.29, 0.717) is 6.04 Å². The van der Waals surface area contributed by atoms with Crippen LogP contribution in [0.4, 0.5) is 8.78 Å². The summed E-state index contributed by atoms with van der Waals surface area (Å²) in [7, 11) is 0. The van der Waals surface area contributed by atoms with Gasteiger partial charge >= 0.3 is 0 Å². The van der Waals surface area contributed by atoms with Crippen LogP contribution in [0.5, 0.6) is 0 Å². The van der Waals surface area contributed by atoms with Gasteiger partial charge < -0.3 is 11.5 Å². The number of hydrogen-bond acceptors (Lipinski definition) is 2. The van der Waals surface area contributed by atoms with Gasteiger partial charge in [-0.2, -0.15) is 0 Å². The van der Waals surface area contributed by atoms with Gasteiger partial charge in [0.15, 0.2) is 0 Å². The third-order valence-corrected chi connectivity index (χ3v) is 8.52. The first-order valence-corrected chi connectivity index (χ1v) is 12.3. The second-order valence-electron chi connectivity index (χ2n) is 10.4. The summed E-state index contributed by atoms with van der Waals surface area (Å²) in [4.78, 5) is 0. The molecule has 0 aromatic rings. The van der Waals surface area contributed by atoms with Crippen molar-refractivity contribution in [1.29, 1.82) is 0 Å². The first-order chi connectivity index (χ1) is 13.5. The second kappa shape index (κ2) is 10.7. The fourth-order valence-corrected chi connectivity index (χ4v) is 6.48. The molecule has 5 unspecified atom stereocenters. The standard InChI is InChI=1S/C24H44F2N2/c1-2-3-4-20-15-19(22(25)23(26)24(20)28)10-7-16-5-8-17(9-6-16)18-11-13-21(27)14-12-18/h16-24H,2-15,27-28H2,1H3. The van der Waals surface area contributed by atoms with Gasteiger partial charge in [-0.1, -0.05) is 39.0 Å². The van der Waals surface area contributed by atoms with Crippen molar-refractivity contribution in [2.75, 3.05) is 0 Å². The third kappa shape index (κ3) is 5.68. The van der Waals surface area contributed by atoms with E-state index in [1.54, 1.807) is 0 Å². The fraction of sp³-hybridized carbons (Fsp3) is 1.00. The van der Waals surface area contributed by atoms with E-state index in [9.17, 15) is 8.78 Å². The average Bonchev–Trinajstić information content (AvgIpc) is 2.72. The number of hydrogen-bond donors (Lipinski definition) is 2. The minimum atomic E-state index is -1.46. The Balaban J connectivity index is 1.41. The summed E-state index contributed by atoms with van der Waals surface area (Å²) in [6.45, 7) is 2.15. The number of rotatable bonds is 7. The monoisotopic (exact) mass is 398 g/mol. The molecule has 164 valence electrons. The third-order valence-electron chi connectivity index (χ3n) is 8.52. The lowest BCUT2D eigenvalue weighted by Crippen LogP contribution is -2.51. The highest BCUT2D eigenvalue weighted by Crippen LogP contribution is 2.43. The van der Waals surface area contributed by atoms with Crippen molar-refractivity contribution in [3.05, 3.63) is 0 Å². The lowest BCUT2D eigenvalue weighted by Gasteiger charge is -2.40. The Labute approximate surface area is 171 Å². The van der Waals surface area contributed by atoms with Gasteiger partial charge in [-0.3, -0.25) is 0 Å². The Morgan fingerprint density at radius 2 is 1.32 bits per heavy atom. The SMILES string of the molecule is CCCCC1CC(CCC2CCC(C3CCC(N)CC3)CC2)C(F)C(F)C1N. The van der Waals surface area contributed by atoms with Gasteiger partial charge in [0.1, 0.15) is 12.3 Å². The summed E-state index contributed by atoms with van der Waals surface area (Å²) < 4.78 is 29.1. The molecule has 0 aromatic carbocycles. The van der Waals surface area contributed by atoms with E-state index in [1.807, 2.05) is 0 Å². The highest BCUT2D eigenvalue weighted by molar-refractivity contribution is 4.95. The van der Waals surface area contributed by atoms with Crippen LogP contribution in [0.15, 0.2) is 0 Å². The Morgan fingerprint density at radius 3 is 1.93 bits per heavy atom. The van der Waals surface area contributed by atoms with Crippen LogP contribution < -0.4 is 11.5 Å². The predicted molar refractivity (Wildman–Crippen MR) is 114 cm³/mol. The number of nitrogens with two attached hydrogens (primary N) is 2. The molecule has 0 amide bonds. The summed E-state index contributed by atoms with van der Waals surface area (Å²) in [6, 6.07) is -0.165. The molecule has 0 spiro atoms. The first kappa shape index (κ1) is 22.5. The first-order valence-electron chi connectivity index (χ1n) is 12.3. The van der Waals surface area contributed by atoms with Crippen molar-refractivity contribution in [3.63, 3.8) is 0 Å². The summed E-state index contributed by atoms with van der Waals surface area (Å²) in [5.41, 5.74) is 12.1. The Bertz CT molecular complexity index is 444. The molecule has 0 aliphatic heterocycles. The summed E-state index contributed by atoms with van der Waals surface area (Å²) >= 11 is 0. The maximum Gasteiger partial charge on any atom is 0.147 e. The number of halogens is 2. The van der Waals surface area contributed by atoms with Crippen LogP contribution in [0, 0.1) is 29.6 Å². The van der Waals surface area contributed by atoms with Gasteiger partial charge in [0.25, 0.3) is 0 Å². The minimum Gasteiger partial charge on any atom is -0.328 e. The predicted octanol–water partition coefficient (Wildman–Crippen LogP) is 5.92. The van der Waals surface area contributed by atoms with E-state index < -0.39 is 18.4 Å². The van der Waals surface area contributed by atoms with Gasteiger partial charge in [-0.25, -0.2) is 8.78 Å². The molecule has 4 heteroatoms. The molecule has 3 aliphatic rings. The van der Waals surface area contributed by atoms with Crippen molar-refractivity contribution in [2.45, 2.75) is 121 Å². The average molecular weight is 399 g/mol. The molecule has 3 aliphatic carbocycles. The van der Waals surface area contributed by atoms with E-state index in [1.165, 1.54) is 51.4 Å². The van der Waals surface area contributed by atoms with Gasteiger partial charge in [0.2, 0.25) is 0 Å². The molecule has 3 saturated carbocycles. The van der Waals surface area contributed by atoms with Crippen molar-refractivity contribution in [3.8, 4) is 0 Å². The van der Waals surface area contributed by atoms with E-state index in [2.05, 4.69) is 6.92 Å². The summed E-state index contributed by atoms with van der Waals surface area (Å²) in [5, 5.41) is 0. The van der Waals surface area contributed by atoms with Crippen LogP contribution in [-0.2, 0) is 0 Å². The molecule has 0 heterocycles. The molecule has 5 atom stereocenters. The van der Waals surface area contributed by atoms with E-state index in [-0.39, 0.29) is 11.8 Å². The second-order valence-corrected chi connectivity index (χ2v) is 10.4. The van der Waals surface area contributed by atoms with Crippen molar-refractivity contribution >= 4 is 0 Å². The zero-order valence-corrected chi connectivity index (χ0v) is 18.0. The quantitative estimate of drug-likeness (QED) is 0.559. The zero-order chi connectivity index (χ0) is 20.1. The smallest absolute Gasteiger partial charge is 0.147 e. The molecule has 0 aromatic heterocycles. The fourth-order valence-electron chi connectivity index (χ4n) is 6.48. The molecular formula is C24H44F2N2. The Morgan fingerprint density at radius 1 is 0.714 bits per heavy atom. The Hall–Kier alpha value is -0.220. The van der Waals surface area contributed by atoms with Gasteiger partial charge in [-0.05, 0) is 87.4 Å². The van der Waals surface area contributed by atoms with Crippen molar-refractivity contribution in [2.24, 2.45) is 41.1 Å². The highest BCUT2D eigenvalue weighted by Gasteiger charge is 2.43. The van der Waals surface area contributed by atoms with E-state index in [0.717, 1.165) is 56.3 Å². The van der Waals surface area contributed by atoms with Crippen LogP contribution in [-0.4, -0.2) is 24.4 Å². The zero-order valence-electron chi connectivity index (χ0n) is 18.0. The van der Waals surface area contributed by atoms with Crippen LogP contribution in [0.2, 0.25) is 0 Å². The topological polar surface area (TPSA) is 52.0 Å². The van der Waals surface area contributed by atoms with Crippen LogP contribution in [0.3, 0.4) is 0 Å². The lowest BCUT2D eigenvalue weighted by atomic mass is 9.68. The summed E-state index contributed by atoms with van der Waals surface area (Å²) in [5.74, 6) is 2.55. The van der Waals surface area contributed by atoms with Gasteiger partial charge in [0.05, 0.1) is 0 Å². The molecule has 0 bridgehead atoms. The molecule has 28 heavy (non-hydrogen) atoms. The molecule has 3 rings (SSSR count). The molecule has 0 radical (unpaired) electrons. The molecule has 3 fully saturated rings. The lowest BCUT2D eigenvalue weighted by molar-refractivity contribution is 0.0109. The van der Waals surface area contributed by atoms with E-state index in [4.69, 9.17) is 11.5 Å². The number of alkyl halides is 2. The molecular weight excluding hydrogens is 354 g/mol. The van der Waals surface area contributed by atoms with Crippen molar-refractivity contribution in [1.82, 2.24) is 0 Å². The molecule has 4 N–H and O–H groups in total. The van der Waals surface area contributed by atoms with Crippen LogP contribution >= 0.6 is 0 Å². The van der Waals surface area contributed by atoms with Crippen LogP contribution in [0.25, 0.3) is 0 Å². The Kier molecular flexibility index (Phi) is 8.59. The maximum absolute atomic E-state index is 14.6. The highest BCUT2D eigenvalue weighted by atomic mass is 19.2. The van der Waals surface area contributed by atoms with Crippen molar-refractivity contribution < 1.29 is 8.78 Å². The van der Waals surface area contributed by atoms with E-state index >= 15 is 0 Å². The van der Waals surface area contributed by atoms with Crippen LogP contribution in [0.1, 0.15) is 96.8 Å². The number of unbranched alkanes of at least 4 members (excludes halogenated alkanes) is 1. The largest absolute Gasteiger partial charge is 0.328 e. The molecule has 2 nitrogen and oxygen atoms in total. The maximum atomic E-state index is 14.6. The summed E-state index contributed by atoms with van der Waals surface area (Å²) in [6.07, 6.45) is 13.3. The minimum absolute atomic E-state index is 0.116. The molecule has 0 saturated heterocycles. The normalized spacial score (nSPS) is 45.1.